The van der Waals surface area contributed by atoms with E-state index >= 15 is 0 Å². The zero-order chi connectivity index (χ0) is 15.5. The Hall–Kier alpha value is -1.99. The summed E-state index contributed by atoms with van der Waals surface area (Å²) in [6, 6.07) is 0. The number of halogens is 3. The second-order valence-electron chi connectivity index (χ2n) is 4.40. The van der Waals surface area contributed by atoms with Crippen LogP contribution in [0.3, 0.4) is 0 Å². The Morgan fingerprint density at radius 2 is 1.90 bits per heavy atom. The molecule has 20 heavy (non-hydrogen) atoms. The Bertz CT molecular complexity index is 521. The van der Waals surface area contributed by atoms with Gasteiger partial charge in [-0.1, -0.05) is 0 Å². The Labute approximate surface area is 113 Å². The van der Waals surface area contributed by atoms with E-state index in [0.29, 0.717) is 5.69 Å². The predicted molar refractivity (Wildman–Crippen MR) is 64.8 cm³/mol. The van der Waals surface area contributed by atoms with Gasteiger partial charge in [0.15, 0.2) is 0 Å². The van der Waals surface area contributed by atoms with Crippen molar-refractivity contribution in [3.63, 3.8) is 0 Å². The number of carboxylic acids is 1. The van der Waals surface area contributed by atoms with Gasteiger partial charge in [-0.3, -0.25) is 4.79 Å². The topological polar surface area (TPSA) is 82.2 Å². The van der Waals surface area contributed by atoms with E-state index in [9.17, 15) is 22.8 Å². The van der Waals surface area contributed by atoms with Gasteiger partial charge in [0.25, 0.3) is 5.91 Å². The van der Waals surface area contributed by atoms with Crippen molar-refractivity contribution in [2.24, 2.45) is 0 Å². The minimum Gasteiger partial charge on any atom is -0.477 e. The van der Waals surface area contributed by atoms with Crippen LogP contribution in [0.1, 0.15) is 44.9 Å². The highest BCUT2D eigenvalue weighted by atomic mass is 19.4. The molecule has 0 aliphatic carbocycles. The van der Waals surface area contributed by atoms with Crippen molar-refractivity contribution < 1.29 is 27.9 Å². The number of amides is 1. The van der Waals surface area contributed by atoms with Gasteiger partial charge in [0.2, 0.25) is 0 Å². The summed E-state index contributed by atoms with van der Waals surface area (Å²) in [4.78, 5) is 25.3. The van der Waals surface area contributed by atoms with E-state index in [-0.39, 0.29) is 29.8 Å². The third-order valence-electron chi connectivity index (χ3n) is 2.80. The first-order valence-electron chi connectivity index (χ1n) is 5.91. The smallest absolute Gasteiger partial charge is 0.389 e. The first-order chi connectivity index (χ1) is 9.13. The number of rotatable bonds is 5. The summed E-state index contributed by atoms with van der Waals surface area (Å²) in [5, 5.41) is 11.3. The molecular formula is C12H15F3N2O3. The molecule has 0 bridgehead atoms. The highest BCUT2D eigenvalue weighted by molar-refractivity contribution is 6.00. The van der Waals surface area contributed by atoms with E-state index in [1.54, 1.807) is 0 Å². The fraction of sp³-hybridized carbons (Fsp3) is 0.500. The lowest BCUT2D eigenvalue weighted by molar-refractivity contribution is -0.135. The zero-order valence-corrected chi connectivity index (χ0v) is 11.0. The van der Waals surface area contributed by atoms with Crippen LogP contribution in [0.5, 0.6) is 0 Å². The predicted octanol–water partition coefficient (Wildman–Crippen LogP) is 2.40. The van der Waals surface area contributed by atoms with Crippen LogP contribution >= 0.6 is 0 Å². The molecule has 0 aromatic carbocycles. The van der Waals surface area contributed by atoms with Crippen molar-refractivity contribution in [2.75, 3.05) is 6.54 Å². The molecule has 0 unspecified atom stereocenters. The van der Waals surface area contributed by atoms with Gasteiger partial charge in [-0.15, -0.1) is 0 Å². The fourth-order valence-electron chi connectivity index (χ4n) is 1.88. The van der Waals surface area contributed by atoms with Crippen LogP contribution in [-0.2, 0) is 0 Å². The molecule has 1 heterocycles. The number of aromatic amines is 1. The number of carbonyl (C=O) groups is 2. The number of alkyl halides is 3. The number of carboxylic acid groups (broad SMARTS) is 1. The molecule has 1 amide bonds. The van der Waals surface area contributed by atoms with E-state index in [4.69, 9.17) is 5.11 Å². The molecule has 1 rings (SSSR count). The maximum atomic E-state index is 11.9. The largest absolute Gasteiger partial charge is 0.477 e. The normalized spacial score (nSPS) is 11.4. The van der Waals surface area contributed by atoms with Crippen LogP contribution in [0.4, 0.5) is 13.2 Å². The van der Waals surface area contributed by atoms with Crippen LogP contribution in [0.15, 0.2) is 0 Å². The van der Waals surface area contributed by atoms with Crippen molar-refractivity contribution in [2.45, 2.75) is 32.9 Å². The second-order valence-corrected chi connectivity index (χ2v) is 4.40. The highest BCUT2D eigenvalue weighted by Gasteiger charge is 2.26. The average molecular weight is 292 g/mol. The third-order valence-corrected chi connectivity index (χ3v) is 2.80. The molecule has 0 saturated carbocycles. The van der Waals surface area contributed by atoms with Crippen LogP contribution in [0, 0.1) is 13.8 Å². The average Bonchev–Trinajstić information content (AvgIpc) is 2.59. The maximum Gasteiger partial charge on any atom is 0.389 e. The van der Waals surface area contributed by atoms with E-state index in [1.807, 2.05) is 0 Å². The monoisotopic (exact) mass is 292 g/mol. The molecular weight excluding hydrogens is 277 g/mol. The van der Waals surface area contributed by atoms with E-state index < -0.39 is 24.5 Å². The molecule has 0 saturated heterocycles. The SMILES string of the molecule is Cc1[nH]c(C(=O)O)c(C)c1C(=O)NCCCC(F)(F)F. The van der Waals surface area contributed by atoms with Crippen molar-refractivity contribution in [3.8, 4) is 0 Å². The summed E-state index contributed by atoms with van der Waals surface area (Å²) in [6.45, 7) is 2.88. The van der Waals surface area contributed by atoms with Gasteiger partial charge in [0, 0.05) is 18.7 Å². The fourth-order valence-corrected chi connectivity index (χ4v) is 1.88. The molecule has 1 aromatic rings. The number of aromatic carboxylic acids is 1. The zero-order valence-electron chi connectivity index (χ0n) is 11.0. The molecule has 5 nitrogen and oxygen atoms in total. The van der Waals surface area contributed by atoms with Crippen molar-refractivity contribution >= 4 is 11.9 Å². The van der Waals surface area contributed by atoms with E-state index in [1.165, 1.54) is 13.8 Å². The number of aryl methyl sites for hydroxylation is 1. The van der Waals surface area contributed by atoms with Crippen LogP contribution < -0.4 is 5.32 Å². The molecule has 8 heteroatoms. The molecule has 112 valence electrons. The summed E-state index contributed by atoms with van der Waals surface area (Å²) in [7, 11) is 0. The quantitative estimate of drug-likeness (QED) is 0.729. The Morgan fingerprint density at radius 1 is 1.30 bits per heavy atom. The Kier molecular flexibility index (Phi) is 4.80. The molecule has 0 spiro atoms. The van der Waals surface area contributed by atoms with Crippen LogP contribution in [0.2, 0.25) is 0 Å². The van der Waals surface area contributed by atoms with Crippen LogP contribution in [0.25, 0.3) is 0 Å². The van der Waals surface area contributed by atoms with Gasteiger partial charge < -0.3 is 15.4 Å². The van der Waals surface area contributed by atoms with Crippen molar-refractivity contribution in [1.29, 1.82) is 0 Å². The molecule has 0 aliphatic heterocycles. The number of H-pyrrole nitrogens is 1. The van der Waals surface area contributed by atoms with Gasteiger partial charge in [0.1, 0.15) is 5.69 Å². The second kappa shape index (κ2) is 5.98. The van der Waals surface area contributed by atoms with Crippen LogP contribution in [-0.4, -0.2) is 34.7 Å². The lowest BCUT2D eigenvalue weighted by atomic mass is 10.1. The first-order valence-corrected chi connectivity index (χ1v) is 5.91. The van der Waals surface area contributed by atoms with Crippen molar-refractivity contribution in [1.82, 2.24) is 10.3 Å². The summed E-state index contributed by atoms with van der Waals surface area (Å²) in [5.74, 6) is -1.77. The summed E-state index contributed by atoms with van der Waals surface area (Å²) in [6.07, 6.45) is -5.44. The number of hydrogen-bond acceptors (Lipinski definition) is 2. The van der Waals surface area contributed by atoms with E-state index in [2.05, 4.69) is 10.3 Å². The third kappa shape index (κ3) is 4.01. The van der Waals surface area contributed by atoms with Gasteiger partial charge in [-0.25, -0.2) is 4.79 Å². The Morgan fingerprint density at radius 3 is 2.35 bits per heavy atom. The Balaban J connectivity index is 2.67. The van der Waals surface area contributed by atoms with Gasteiger partial charge in [0.05, 0.1) is 5.56 Å². The molecule has 0 fully saturated rings. The molecule has 3 N–H and O–H groups in total. The van der Waals surface area contributed by atoms with Gasteiger partial charge >= 0.3 is 12.1 Å². The number of carbonyl (C=O) groups excluding carboxylic acids is 1. The molecule has 1 aromatic heterocycles. The van der Waals surface area contributed by atoms with E-state index in [0.717, 1.165) is 0 Å². The summed E-state index contributed by atoms with van der Waals surface area (Å²) >= 11 is 0. The molecule has 0 radical (unpaired) electrons. The standard InChI is InChI=1S/C12H15F3N2O3/c1-6-8(7(2)17-9(6)11(19)20)10(18)16-5-3-4-12(13,14)15/h17H,3-5H2,1-2H3,(H,16,18)(H,19,20). The minimum absolute atomic E-state index is 0.0945. The first kappa shape index (κ1) is 16.1. The highest BCUT2D eigenvalue weighted by Crippen LogP contribution is 2.21. The minimum atomic E-state index is -4.25. The molecule has 0 aliphatic rings. The summed E-state index contributed by atoms with van der Waals surface area (Å²) < 4.78 is 35.8. The number of nitrogens with one attached hydrogen (secondary N) is 2. The number of hydrogen-bond donors (Lipinski definition) is 3. The van der Waals surface area contributed by atoms with Gasteiger partial charge in [-0.2, -0.15) is 13.2 Å². The van der Waals surface area contributed by atoms with Gasteiger partial charge in [-0.05, 0) is 25.8 Å². The maximum absolute atomic E-state index is 11.9. The summed E-state index contributed by atoms with van der Waals surface area (Å²) in [5.41, 5.74) is 0.703. The van der Waals surface area contributed by atoms with Crippen molar-refractivity contribution in [3.05, 3.63) is 22.5 Å². The molecule has 0 atom stereocenters. The lowest BCUT2D eigenvalue weighted by Crippen LogP contribution is -2.26. The number of aromatic nitrogens is 1. The lowest BCUT2D eigenvalue weighted by Gasteiger charge is -2.08.